The highest BCUT2D eigenvalue weighted by Gasteiger charge is 2.36. The fourth-order valence-corrected chi connectivity index (χ4v) is 3.39. The van der Waals surface area contributed by atoms with Crippen molar-refractivity contribution in [2.75, 3.05) is 11.9 Å². The molecule has 7 nitrogen and oxygen atoms in total. The van der Waals surface area contributed by atoms with Gasteiger partial charge in [-0.15, -0.1) is 13.2 Å². The van der Waals surface area contributed by atoms with Crippen molar-refractivity contribution in [2.45, 2.75) is 11.2 Å². The van der Waals surface area contributed by atoms with Crippen molar-refractivity contribution in [3.05, 3.63) is 54.3 Å². The molecule has 0 aliphatic rings. The average Bonchev–Trinajstić information content (AvgIpc) is 3.12. The lowest BCUT2D eigenvalue weighted by atomic mass is 10.1. The van der Waals surface area contributed by atoms with Crippen LogP contribution >= 0.6 is 12.2 Å². The van der Waals surface area contributed by atoms with E-state index in [0.717, 1.165) is 30.3 Å². The SMILES string of the molecule is CN(C(N)=S)c1ccc(-c2cc(-c3ccc(S(N)(=O)=O)cc3)nn2C(F)(F)F)c(F)c1. The first-order chi connectivity index (χ1) is 14.3. The van der Waals surface area contributed by atoms with Crippen molar-refractivity contribution < 1.29 is 26.0 Å². The Bertz CT molecular complexity index is 1250. The summed E-state index contributed by atoms with van der Waals surface area (Å²) in [6.45, 7) is 0. The third-order valence-corrected chi connectivity index (χ3v) is 5.58. The zero-order valence-corrected chi connectivity index (χ0v) is 17.4. The van der Waals surface area contributed by atoms with Gasteiger partial charge in [0, 0.05) is 23.9 Å². The molecule has 0 fully saturated rings. The Morgan fingerprint density at radius 1 is 1.13 bits per heavy atom. The Morgan fingerprint density at radius 3 is 2.23 bits per heavy atom. The monoisotopic (exact) mass is 473 g/mol. The molecule has 0 saturated carbocycles. The molecule has 3 aromatic rings. The van der Waals surface area contributed by atoms with Crippen molar-refractivity contribution in [1.82, 2.24) is 9.78 Å². The first-order valence-corrected chi connectivity index (χ1v) is 10.4. The molecule has 0 saturated heterocycles. The second-order valence-corrected chi connectivity index (χ2v) is 8.40. The largest absolute Gasteiger partial charge is 0.505 e. The van der Waals surface area contributed by atoms with Gasteiger partial charge in [0.2, 0.25) is 10.0 Å². The standard InChI is InChI=1S/C18H15F4N5O2S2/c1-26(17(23)30)11-4-7-13(14(19)8-11)16-9-15(25-27(16)18(20,21)22)10-2-5-12(6-3-10)31(24,28)29/h2-9H,1H3,(H2,23,30)(H2,24,28,29). The van der Waals surface area contributed by atoms with Gasteiger partial charge in [0.05, 0.1) is 16.3 Å². The van der Waals surface area contributed by atoms with E-state index in [1.807, 2.05) is 0 Å². The lowest BCUT2D eigenvalue weighted by molar-refractivity contribution is -0.210. The number of thiocarbonyl (C=S) groups is 1. The van der Waals surface area contributed by atoms with Gasteiger partial charge in [-0.05, 0) is 48.6 Å². The first-order valence-electron chi connectivity index (χ1n) is 8.42. The smallest absolute Gasteiger partial charge is 0.376 e. The van der Waals surface area contributed by atoms with E-state index in [9.17, 15) is 26.0 Å². The average molecular weight is 473 g/mol. The van der Waals surface area contributed by atoms with Gasteiger partial charge in [-0.1, -0.05) is 12.1 Å². The molecule has 2 aromatic carbocycles. The summed E-state index contributed by atoms with van der Waals surface area (Å²) in [5.74, 6) is -0.942. The number of nitrogens with two attached hydrogens (primary N) is 2. The molecule has 0 amide bonds. The summed E-state index contributed by atoms with van der Waals surface area (Å²) in [5.41, 5.74) is 4.88. The van der Waals surface area contributed by atoms with Crippen LogP contribution in [0.3, 0.4) is 0 Å². The summed E-state index contributed by atoms with van der Waals surface area (Å²) in [6, 6.07) is 9.36. The fourth-order valence-electron chi connectivity index (χ4n) is 2.77. The molecule has 0 spiro atoms. The third-order valence-electron chi connectivity index (χ3n) is 4.37. The van der Waals surface area contributed by atoms with Gasteiger partial charge in [-0.3, -0.25) is 0 Å². The molecule has 0 atom stereocenters. The van der Waals surface area contributed by atoms with Crippen LogP contribution in [0.2, 0.25) is 0 Å². The Balaban J connectivity index is 2.11. The highest BCUT2D eigenvalue weighted by Crippen LogP contribution is 2.35. The number of sulfonamides is 1. The van der Waals surface area contributed by atoms with Crippen LogP contribution in [0.25, 0.3) is 22.5 Å². The van der Waals surface area contributed by atoms with E-state index in [-0.39, 0.29) is 37.2 Å². The number of rotatable bonds is 4. The predicted molar refractivity (Wildman–Crippen MR) is 111 cm³/mol. The van der Waals surface area contributed by atoms with E-state index < -0.39 is 27.8 Å². The van der Waals surface area contributed by atoms with Crippen LogP contribution in [-0.4, -0.2) is 30.4 Å². The molecule has 13 heteroatoms. The summed E-state index contributed by atoms with van der Waals surface area (Å²) >= 11 is 4.80. The molecule has 31 heavy (non-hydrogen) atoms. The van der Waals surface area contributed by atoms with Crippen molar-refractivity contribution in [1.29, 1.82) is 0 Å². The van der Waals surface area contributed by atoms with Crippen LogP contribution in [0.4, 0.5) is 23.2 Å². The molecule has 0 radical (unpaired) electrons. The normalized spacial score (nSPS) is 12.1. The molecule has 164 valence electrons. The number of alkyl halides is 3. The van der Waals surface area contributed by atoms with Gasteiger partial charge in [0.1, 0.15) is 5.82 Å². The molecular weight excluding hydrogens is 458 g/mol. The van der Waals surface area contributed by atoms with E-state index >= 15 is 0 Å². The highest BCUT2D eigenvalue weighted by atomic mass is 32.2. The van der Waals surface area contributed by atoms with E-state index in [0.29, 0.717) is 0 Å². The number of hydrogen-bond donors (Lipinski definition) is 2. The number of primary sulfonamides is 1. The Morgan fingerprint density at radius 2 is 1.74 bits per heavy atom. The van der Waals surface area contributed by atoms with Gasteiger partial charge >= 0.3 is 6.30 Å². The minimum Gasteiger partial charge on any atom is -0.376 e. The highest BCUT2D eigenvalue weighted by molar-refractivity contribution is 7.89. The molecule has 0 aliphatic heterocycles. The van der Waals surface area contributed by atoms with Crippen molar-refractivity contribution >= 4 is 33.0 Å². The summed E-state index contributed by atoms with van der Waals surface area (Å²) in [7, 11) is -2.48. The minimum absolute atomic E-state index is 0.0438. The molecule has 0 bridgehead atoms. The van der Waals surface area contributed by atoms with Crippen LogP contribution in [0, 0.1) is 5.82 Å². The zero-order valence-electron chi connectivity index (χ0n) is 15.8. The number of nitrogens with zero attached hydrogens (tertiary/aromatic N) is 3. The molecule has 0 unspecified atom stereocenters. The second kappa shape index (κ2) is 7.90. The van der Waals surface area contributed by atoms with Gasteiger partial charge in [-0.2, -0.15) is 9.78 Å². The molecule has 1 heterocycles. The summed E-state index contributed by atoms with van der Waals surface area (Å²) in [4.78, 5) is 1.08. The fraction of sp³-hybridized carbons (Fsp3) is 0.111. The molecule has 0 aliphatic carbocycles. The second-order valence-electron chi connectivity index (χ2n) is 6.43. The van der Waals surface area contributed by atoms with Gasteiger partial charge < -0.3 is 10.6 Å². The number of aromatic nitrogens is 2. The van der Waals surface area contributed by atoms with Crippen LogP contribution in [0.15, 0.2) is 53.4 Å². The molecule has 3 rings (SSSR count). The number of benzene rings is 2. The number of anilines is 1. The quantitative estimate of drug-likeness (QED) is 0.445. The predicted octanol–water partition coefficient (Wildman–Crippen LogP) is 3.16. The van der Waals surface area contributed by atoms with E-state index in [4.69, 9.17) is 23.1 Å². The lowest BCUT2D eigenvalue weighted by Gasteiger charge is -2.18. The van der Waals surface area contributed by atoms with Gasteiger partial charge in [0.15, 0.2) is 5.11 Å². The Labute approximate surface area is 179 Å². The number of halogens is 4. The van der Waals surface area contributed by atoms with E-state index in [1.165, 1.54) is 30.1 Å². The first kappa shape index (κ1) is 22.7. The van der Waals surface area contributed by atoms with Crippen LogP contribution in [0.5, 0.6) is 0 Å². The van der Waals surface area contributed by atoms with Gasteiger partial charge in [-0.25, -0.2) is 17.9 Å². The number of hydrogen-bond acceptors (Lipinski definition) is 4. The van der Waals surface area contributed by atoms with Crippen molar-refractivity contribution in [3.63, 3.8) is 0 Å². The maximum atomic E-state index is 14.7. The lowest BCUT2D eigenvalue weighted by Crippen LogP contribution is -2.31. The third kappa shape index (κ3) is 4.68. The van der Waals surface area contributed by atoms with Crippen LogP contribution in [-0.2, 0) is 16.3 Å². The molecular formula is C18H15F4N5O2S2. The summed E-state index contributed by atoms with van der Waals surface area (Å²) in [5, 5.41) is 8.51. The Kier molecular flexibility index (Phi) is 5.78. The van der Waals surface area contributed by atoms with Crippen LogP contribution in [0.1, 0.15) is 0 Å². The maximum Gasteiger partial charge on any atom is 0.505 e. The molecule has 1 aromatic heterocycles. The van der Waals surface area contributed by atoms with Crippen molar-refractivity contribution in [3.8, 4) is 22.5 Å². The zero-order chi connectivity index (χ0) is 23.1. The van der Waals surface area contributed by atoms with Crippen molar-refractivity contribution in [2.24, 2.45) is 10.9 Å². The Hall–Kier alpha value is -3.03. The summed E-state index contributed by atoms with van der Waals surface area (Å²) in [6.07, 6.45) is -4.94. The topological polar surface area (TPSA) is 107 Å². The molecule has 4 N–H and O–H groups in total. The van der Waals surface area contributed by atoms with E-state index in [2.05, 4.69) is 5.10 Å². The minimum atomic E-state index is -4.94. The summed E-state index contributed by atoms with van der Waals surface area (Å²) < 4.78 is 77.9. The van der Waals surface area contributed by atoms with Gasteiger partial charge in [0.25, 0.3) is 0 Å². The van der Waals surface area contributed by atoms with E-state index in [1.54, 1.807) is 0 Å². The van der Waals surface area contributed by atoms with Crippen LogP contribution < -0.4 is 15.8 Å². The maximum absolute atomic E-state index is 14.7.